The molecule has 3 aromatic rings. The third-order valence-corrected chi connectivity index (χ3v) is 7.65. The minimum atomic E-state index is -0.698. The summed E-state index contributed by atoms with van der Waals surface area (Å²) in [5.41, 5.74) is 2.47. The molecule has 1 atom stereocenters. The van der Waals surface area contributed by atoms with Gasteiger partial charge in [0.05, 0.1) is 39.2 Å². The molecule has 2 amide bonds. The van der Waals surface area contributed by atoms with Crippen LogP contribution in [0.4, 0.5) is 11.4 Å². The van der Waals surface area contributed by atoms with E-state index >= 15 is 0 Å². The first-order valence-corrected chi connectivity index (χ1v) is 14.2. The molecule has 0 radical (unpaired) electrons. The molecular formula is C31H33N3O7S. The highest BCUT2D eigenvalue weighted by Crippen LogP contribution is 2.32. The summed E-state index contributed by atoms with van der Waals surface area (Å²) in [6.07, 6.45) is 0.545. The van der Waals surface area contributed by atoms with Crippen LogP contribution in [0, 0.1) is 0 Å². The Kier molecular flexibility index (Phi) is 10.4. The van der Waals surface area contributed by atoms with Gasteiger partial charge in [-0.15, -0.1) is 0 Å². The van der Waals surface area contributed by atoms with E-state index in [4.69, 9.17) is 23.9 Å². The number of hydrogen-bond donors (Lipinski definition) is 1. The number of hydrogen-bond acceptors (Lipinski definition) is 9. The van der Waals surface area contributed by atoms with Crippen molar-refractivity contribution in [3.63, 3.8) is 0 Å². The van der Waals surface area contributed by atoms with E-state index in [9.17, 15) is 14.4 Å². The number of benzene rings is 3. The van der Waals surface area contributed by atoms with Crippen LogP contribution >= 0.6 is 11.8 Å². The number of ether oxygens (including phenoxy) is 4. The van der Waals surface area contributed by atoms with Crippen molar-refractivity contribution in [2.75, 3.05) is 39.8 Å². The van der Waals surface area contributed by atoms with Gasteiger partial charge in [-0.25, -0.2) is 9.79 Å². The number of aliphatic imine (C=N–C) groups is 1. The van der Waals surface area contributed by atoms with Crippen molar-refractivity contribution in [3.8, 4) is 17.2 Å². The first kappa shape index (κ1) is 30.4. The molecule has 11 heteroatoms. The predicted octanol–water partition coefficient (Wildman–Crippen LogP) is 5.09. The van der Waals surface area contributed by atoms with Crippen LogP contribution in [-0.2, 0) is 20.7 Å². The quantitative estimate of drug-likeness (QED) is 0.307. The van der Waals surface area contributed by atoms with E-state index in [2.05, 4.69) is 5.32 Å². The Balaban J connectivity index is 1.52. The number of amidine groups is 1. The van der Waals surface area contributed by atoms with Crippen LogP contribution in [-0.4, -0.2) is 67.6 Å². The van der Waals surface area contributed by atoms with Gasteiger partial charge >= 0.3 is 5.97 Å². The zero-order chi connectivity index (χ0) is 30.1. The lowest BCUT2D eigenvalue weighted by molar-refractivity contribution is -0.129. The maximum absolute atomic E-state index is 13.4. The van der Waals surface area contributed by atoms with Gasteiger partial charge in [0, 0.05) is 18.7 Å². The Labute approximate surface area is 249 Å². The lowest BCUT2D eigenvalue weighted by Gasteiger charge is -2.32. The number of nitrogens with zero attached hydrogens (tertiary/aromatic N) is 2. The number of nitrogens with one attached hydrogen (secondary N) is 1. The summed E-state index contributed by atoms with van der Waals surface area (Å²) in [4.78, 5) is 45.0. The molecule has 0 aromatic heterocycles. The fourth-order valence-corrected chi connectivity index (χ4v) is 5.36. The molecule has 0 spiro atoms. The molecule has 1 aliphatic heterocycles. The van der Waals surface area contributed by atoms with Crippen LogP contribution < -0.4 is 19.5 Å². The fraction of sp³-hybridized carbons (Fsp3) is 0.290. The number of esters is 1. The molecule has 1 N–H and O–H groups in total. The molecule has 1 fully saturated rings. The Morgan fingerprint density at radius 3 is 2.31 bits per heavy atom. The van der Waals surface area contributed by atoms with Gasteiger partial charge in [-0.1, -0.05) is 17.8 Å². The molecule has 0 aliphatic carbocycles. The Morgan fingerprint density at radius 1 is 0.952 bits per heavy atom. The van der Waals surface area contributed by atoms with E-state index in [1.165, 1.54) is 11.8 Å². The monoisotopic (exact) mass is 591 g/mol. The van der Waals surface area contributed by atoms with Crippen LogP contribution in [0.2, 0.25) is 0 Å². The van der Waals surface area contributed by atoms with Crippen molar-refractivity contribution in [2.24, 2.45) is 4.99 Å². The number of anilines is 1. The van der Waals surface area contributed by atoms with Crippen LogP contribution in [0.5, 0.6) is 17.2 Å². The molecule has 42 heavy (non-hydrogen) atoms. The molecule has 0 bridgehead atoms. The second-order valence-electron chi connectivity index (χ2n) is 9.17. The zero-order valence-electron chi connectivity index (χ0n) is 23.9. The normalized spacial score (nSPS) is 15.7. The van der Waals surface area contributed by atoms with E-state index in [0.717, 1.165) is 5.56 Å². The van der Waals surface area contributed by atoms with Crippen molar-refractivity contribution >= 4 is 46.1 Å². The molecule has 220 valence electrons. The van der Waals surface area contributed by atoms with Crippen LogP contribution in [0.1, 0.15) is 29.3 Å². The predicted molar refractivity (Wildman–Crippen MR) is 162 cm³/mol. The third kappa shape index (κ3) is 7.61. The van der Waals surface area contributed by atoms with E-state index in [-0.39, 0.29) is 24.8 Å². The first-order chi connectivity index (χ1) is 20.3. The fourth-order valence-electron chi connectivity index (χ4n) is 4.23. The van der Waals surface area contributed by atoms with E-state index in [1.54, 1.807) is 81.7 Å². The number of rotatable bonds is 11. The smallest absolute Gasteiger partial charge is 0.338 e. The summed E-state index contributed by atoms with van der Waals surface area (Å²) in [5.74, 6) is 0.934. The maximum Gasteiger partial charge on any atom is 0.338 e. The SMILES string of the molecule is CCOC(=O)c1ccc(NC(=O)[C@H]2CC(=O)N(CCc3ccc(OC)c(OC)c3)C(=Nc3ccc(OC)cc3)S2)cc1. The second kappa shape index (κ2) is 14.4. The van der Waals surface area contributed by atoms with Gasteiger partial charge in [0.25, 0.3) is 0 Å². The van der Waals surface area contributed by atoms with Crippen LogP contribution in [0.25, 0.3) is 0 Å². The summed E-state index contributed by atoms with van der Waals surface area (Å²) in [5, 5.41) is 2.57. The minimum Gasteiger partial charge on any atom is -0.497 e. The molecule has 10 nitrogen and oxygen atoms in total. The summed E-state index contributed by atoms with van der Waals surface area (Å²) in [6.45, 7) is 2.37. The highest BCUT2D eigenvalue weighted by Gasteiger charge is 2.36. The number of amides is 2. The lowest BCUT2D eigenvalue weighted by Crippen LogP contribution is -2.46. The Morgan fingerprint density at radius 2 is 1.67 bits per heavy atom. The van der Waals surface area contributed by atoms with Crippen LogP contribution in [0.3, 0.4) is 0 Å². The Hall–Kier alpha value is -4.51. The van der Waals surface area contributed by atoms with E-state index < -0.39 is 11.2 Å². The van der Waals surface area contributed by atoms with Gasteiger partial charge in [0.15, 0.2) is 16.7 Å². The number of carbonyl (C=O) groups excluding carboxylic acids is 3. The molecule has 1 aliphatic rings. The highest BCUT2D eigenvalue weighted by molar-refractivity contribution is 8.15. The van der Waals surface area contributed by atoms with Gasteiger partial charge in [0.2, 0.25) is 11.8 Å². The van der Waals surface area contributed by atoms with Gasteiger partial charge in [-0.3, -0.25) is 14.5 Å². The van der Waals surface area contributed by atoms with Gasteiger partial charge in [-0.05, 0) is 79.6 Å². The van der Waals surface area contributed by atoms with E-state index in [0.29, 0.717) is 52.3 Å². The van der Waals surface area contributed by atoms with Gasteiger partial charge in [0.1, 0.15) is 11.0 Å². The Bertz CT molecular complexity index is 1440. The molecule has 0 saturated carbocycles. The number of methoxy groups -OCH3 is 3. The zero-order valence-corrected chi connectivity index (χ0v) is 24.7. The van der Waals surface area contributed by atoms with E-state index in [1.807, 2.05) is 18.2 Å². The van der Waals surface area contributed by atoms with Gasteiger partial charge in [-0.2, -0.15) is 0 Å². The van der Waals surface area contributed by atoms with Crippen molar-refractivity contribution in [3.05, 3.63) is 77.9 Å². The number of thioether (sulfide) groups is 1. The topological polar surface area (TPSA) is 116 Å². The van der Waals surface area contributed by atoms with Gasteiger partial charge < -0.3 is 24.3 Å². The van der Waals surface area contributed by atoms with Crippen molar-refractivity contribution in [2.45, 2.75) is 25.0 Å². The average Bonchev–Trinajstić information content (AvgIpc) is 3.01. The average molecular weight is 592 g/mol. The molecule has 3 aromatic carbocycles. The molecular weight excluding hydrogens is 558 g/mol. The first-order valence-electron chi connectivity index (χ1n) is 13.3. The lowest BCUT2D eigenvalue weighted by atomic mass is 10.1. The summed E-state index contributed by atoms with van der Waals surface area (Å²) < 4.78 is 21.0. The minimum absolute atomic E-state index is 0.00494. The largest absolute Gasteiger partial charge is 0.497 e. The summed E-state index contributed by atoms with van der Waals surface area (Å²) >= 11 is 1.23. The maximum atomic E-state index is 13.4. The molecule has 1 saturated heterocycles. The second-order valence-corrected chi connectivity index (χ2v) is 10.3. The molecule has 4 rings (SSSR count). The van der Waals surface area contributed by atoms with Crippen molar-refractivity contribution in [1.82, 2.24) is 4.90 Å². The highest BCUT2D eigenvalue weighted by atomic mass is 32.2. The van der Waals surface area contributed by atoms with Crippen molar-refractivity contribution in [1.29, 1.82) is 0 Å². The third-order valence-electron chi connectivity index (χ3n) is 6.46. The standard InChI is InChI=1S/C31H33N3O7S/c1-5-41-30(37)21-7-9-22(10-8-21)32-29(36)27-19-28(35)34(17-16-20-6-15-25(39-3)26(18-20)40-4)31(42-27)33-23-11-13-24(38-2)14-12-23/h6-15,18,27H,5,16-17,19H2,1-4H3,(H,32,36)/t27-/m1/s1. The summed E-state index contributed by atoms with van der Waals surface area (Å²) in [6, 6.07) is 19.2. The molecule has 1 heterocycles. The number of carbonyl (C=O) groups is 3. The van der Waals surface area contributed by atoms with Crippen LogP contribution in [0.15, 0.2) is 71.7 Å². The van der Waals surface area contributed by atoms with Crippen molar-refractivity contribution < 1.29 is 33.3 Å². The summed E-state index contributed by atoms with van der Waals surface area (Å²) in [7, 11) is 4.74. The molecule has 0 unspecified atom stereocenters.